The van der Waals surface area contributed by atoms with Crippen LogP contribution < -0.4 is 11.1 Å². The lowest BCUT2D eigenvalue weighted by Gasteiger charge is -2.12. The zero-order valence-electron chi connectivity index (χ0n) is 11.6. The Labute approximate surface area is 124 Å². The van der Waals surface area contributed by atoms with Crippen molar-refractivity contribution >= 4 is 23.2 Å². The van der Waals surface area contributed by atoms with Crippen LogP contribution in [-0.2, 0) is 4.79 Å². The van der Waals surface area contributed by atoms with Gasteiger partial charge in [0.15, 0.2) is 0 Å². The quantitative estimate of drug-likeness (QED) is 0.630. The van der Waals surface area contributed by atoms with Crippen molar-refractivity contribution in [3.8, 4) is 0 Å². The fourth-order valence-electron chi connectivity index (χ4n) is 1.72. The number of rotatable bonds is 5. The zero-order valence-corrected chi connectivity index (χ0v) is 11.6. The first-order valence-corrected chi connectivity index (χ1v) is 6.28. The van der Waals surface area contributed by atoms with Gasteiger partial charge in [0.2, 0.25) is 11.8 Å². The molecule has 9 heteroatoms. The molecule has 114 valence electrons. The highest BCUT2D eigenvalue weighted by Gasteiger charge is 2.19. The molecular weight excluding hydrogens is 290 g/mol. The summed E-state index contributed by atoms with van der Waals surface area (Å²) in [6.07, 6.45) is 2.26. The van der Waals surface area contributed by atoms with Crippen molar-refractivity contribution in [2.45, 2.75) is 13.0 Å². The van der Waals surface area contributed by atoms with E-state index in [1.165, 1.54) is 35.1 Å². The minimum atomic E-state index is -0.732. The van der Waals surface area contributed by atoms with Crippen LogP contribution in [0.4, 0.5) is 11.4 Å². The number of hydrogen-bond acceptors (Lipinski definition) is 5. The SMILES string of the molecule is CC(C(=O)Nc1ccc(C(N)=O)cc1)n1cc([N+](=O)[O-])cn1. The number of hydrogen-bond donors (Lipinski definition) is 2. The van der Waals surface area contributed by atoms with Crippen molar-refractivity contribution in [3.63, 3.8) is 0 Å². The van der Waals surface area contributed by atoms with Crippen LogP contribution in [0, 0.1) is 10.1 Å². The van der Waals surface area contributed by atoms with E-state index in [2.05, 4.69) is 10.4 Å². The van der Waals surface area contributed by atoms with Crippen molar-refractivity contribution in [2.75, 3.05) is 5.32 Å². The van der Waals surface area contributed by atoms with E-state index in [-0.39, 0.29) is 5.69 Å². The number of anilines is 1. The summed E-state index contributed by atoms with van der Waals surface area (Å²) in [6, 6.07) is 5.32. The lowest BCUT2D eigenvalue weighted by Crippen LogP contribution is -2.24. The van der Waals surface area contributed by atoms with E-state index in [9.17, 15) is 19.7 Å². The third kappa shape index (κ3) is 3.26. The Morgan fingerprint density at radius 2 is 2.00 bits per heavy atom. The minimum Gasteiger partial charge on any atom is -0.366 e. The molecule has 0 spiro atoms. The Morgan fingerprint density at radius 1 is 1.36 bits per heavy atom. The Bertz CT molecular complexity index is 722. The lowest BCUT2D eigenvalue weighted by atomic mass is 10.2. The second-order valence-corrected chi connectivity index (χ2v) is 4.54. The van der Waals surface area contributed by atoms with Crippen LogP contribution in [0.5, 0.6) is 0 Å². The molecule has 2 rings (SSSR count). The molecule has 3 N–H and O–H groups in total. The molecule has 22 heavy (non-hydrogen) atoms. The van der Waals surface area contributed by atoms with E-state index in [4.69, 9.17) is 5.73 Å². The van der Waals surface area contributed by atoms with Gasteiger partial charge in [-0.3, -0.25) is 24.4 Å². The molecule has 0 bridgehead atoms. The average molecular weight is 303 g/mol. The number of nitrogens with two attached hydrogens (primary N) is 1. The van der Waals surface area contributed by atoms with Crippen LogP contribution in [0.25, 0.3) is 0 Å². The number of carbonyl (C=O) groups is 2. The van der Waals surface area contributed by atoms with Crippen molar-refractivity contribution in [3.05, 3.63) is 52.3 Å². The Kier molecular flexibility index (Phi) is 4.16. The predicted octanol–water partition coefficient (Wildman–Crippen LogP) is 1.09. The summed E-state index contributed by atoms with van der Waals surface area (Å²) in [5, 5.41) is 17.0. The highest BCUT2D eigenvalue weighted by Crippen LogP contribution is 2.15. The predicted molar refractivity (Wildman–Crippen MR) is 77.2 cm³/mol. The number of amides is 2. The molecular formula is C13H13N5O4. The molecule has 1 heterocycles. The second kappa shape index (κ2) is 6.04. The Morgan fingerprint density at radius 3 is 2.50 bits per heavy atom. The van der Waals surface area contributed by atoms with Crippen LogP contribution in [0.2, 0.25) is 0 Å². The standard InChI is InChI=1S/C13H13N5O4/c1-8(17-7-11(6-15-17)18(21)22)13(20)16-10-4-2-9(3-5-10)12(14)19/h2-8H,1H3,(H2,14,19)(H,16,20). The normalized spacial score (nSPS) is 11.7. The molecule has 0 aliphatic heterocycles. The summed E-state index contributed by atoms with van der Waals surface area (Å²) in [5.74, 6) is -0.958. The van der Waals surface area contributed by atoms with Gasteiger partial charge in [-0.2, -0.15) is 5.10 Å². The number of aromatic nitrogens is 2. The van der Waals surface area contributed by atoms with Gasteiger partial charge in [-0.05, 0) is 31.2 Å². The van der Waals surface area contributed by atoms with Crippen LogP contribution in [0.15, 0.2) is 36.7 Å². The molecule has 1 aromatic carbocycles. The second-order valence-electron chi connectivity index (χ2n) is 4.54. The highest BCUT2D eigenvalue weighted by atomic mass is 16.6. The van der Waals surface area contributed by atoms with E-state index in [1.807, 2.05) is 0 Å². The molecule has 0 fully saturated rings. The van der Waals surface area contributed by atoms with Crippen LogP contribution in [-0.4, -0.2) is 26.5 Å². The minimum absolute atomic E-state index is 0.189. The largest absolute Gasteiger partial charge is 0.366 e. The summed E-state index contributed by atoms with van der Waals surface area (Å²) < 4.78 is 1.20. The summed E-state index contributed by atoms with van der Waals surface area (Å²) in [4.78, 5) is 33.0. The molecule has 9 nitrogen and oxygen atoms in total. The maximum atomic E-state index is 12.1. The van der Waals surface area contributed by atoms with Gasteiger partial charge in [0, 0.05) is 11.3 Å². The first-order chi connectivity index (χ1) is 10.4. The van der Waals surface area contributed by atoms with Crippen molar-refractivity contribution in [2.24, 2.45) is 5.73 Å². The third-order valence-electron chi connectivity index (χ3n) is 3.01. The maximum Gasteiger partial charge on any atom is 0.307 e. The first-order valence-electron chi connectivity index (χ1n) is 6.28. The maximum absolute atomic E-state index is 12.1. The van der Waals surface area contributed by atoms with E-state index >= 15 is 0 Å². The monoisotopic (exact) mass is 303 g/mol. The molecule has 0 saturated carbocycles. The average Bonchev–Trinajstić information content (AvgIpc) is 2.97. The van der Waals surface area contributed by atoms with Crippen molar-refractivity contribution in [1.82, 2.24) is 9.78 Å². The first kappa shape index (κ1) is 15.2. The zero-order chi connectivity index (χ0) is 16.3. The molecule has 1 atom stereocenters. The molecule has 2 amide bonds. The third-order valence-corrected chi connectivity index (χ3v) is 3.01. The summed E-state index contributed by atoms with van der Waals surface area (Å²) in [7, 11) is 0. The van der Waals surface area contributed by atoms with Crippen LogP contribution in [0.1, 0.15) is 23.3 Å². The van der Waals surface area contributed by atoms with Gasteiger partial charge in [-0.1, -0.05) is 0 Å². The van der Waals surface area contributed by atoms with Gasteiger partial charge in [0.1, 0.15) is 18.4 Å². The highest BCUT2D eigenvalue weighted by molar-refractivity contribution is 5.95. The van der Waals surface area contributed by atoms with Gasteiger partial charge < -0.3 is 11.1 Å². The van der Waals surface area contributed by atoms with E-state index in [0.29, 0.717) is 11.3 Å². The van der Waals surface area contributed by atoms with Gasteiger partial charge >= 0.3 is 5.69 Å². The number of nitrogens with one attached hydrogen (secondary N) is 1. The fourth-order valence-corrected chi connectivity index (χ4v) is 1.72. The lowest BCUT2D eigenvalue weighted by molar-refractivity contribution is -0.385. The number of nitro groups is 1. The topological polar surface area (TPSA) is 133 Å². The Hall–Kier alpha value is -3.23. The molecule has 0 aliphatic carbocycles. The van der Waals surface area contributed by atoms with Crippen LogP contribution in [0.3, 0.4) is 0 Å². The molecule has 1 unspecified atom stereocenters. The molecule has 0 saturated heterocycles. The number of primary amides is 1. The number of nitrogens with zero attached hydrogens (tertiary/aromatic N) is 3. The van der Waals surface area contributed by atoms with E-state index in [1.54, 1.807) is 6.92 Å². The van der Waals surface area contributed by atoms with Gasteiger partial charge in [-0.15, -0.1) is 0 Å². The summed E-state index contributed by atoms with van der Waals surface area (Å²) >= 11 is 0. The van der Waals surface area contributed by atoms with Gasteiger partial charge in [0.25, 0.3) is 0 Å². The molecule has 1 aromatic heterocycles. The smallest absolute Gasteiger partial charge is 0.307 e. The van der Waals surface area contributed by atoms with Crippen molar-refractivity contribution in [1.29, 1.82) is 0 Å². The fraction of sp³-hybridized carbons (Fsp3) is 0.154. The number of benzene rings is 1. The summed E-state index contributed by atoms with van der Waals surface area (Å²) in [6.45, 7) is 1.56. The van der Waals surface area contributed by atoms with Gasteiger partial charge in [0.05, 0.1) is 4.92 Å². The number of carbonyl (C=O) groups excluding carboxylic acids is 2. The van der Waals surface area contributed by atoms with Crippen LogP contribution >= 0.6 is 0 Å². The molecule has 0 radical (unpaired) electrons. The molecule has 0 aliphatic rings. The van der Waals surface area contributed by atoms with Crippen molar-refractivity contribution < 1.29 is 14.5 Å². The van der Waals surface area contributed by atoms with E-state index in [0.717, 1.165) is 6.20 Å². The summed E-state index contributed by atoms with van der Waals surface area (Å²) in [5.41, 5.74) is 5.74. The molecule has 2 aromatic rings. The Balaban J connectivity index is 2.07. The van der Waals surface area contributed by atoms with E-state index < -0.39 is 22.8 Å². The van der Waals surface area contributed by atoms with Gasteiger partial charge in [-0.25, -0.2) is 0 Å².